The number of hydrogen-bond acceptors (Lipinski definition) is 5. The molecule has 248 valence electrons. The van der Waals surface area contributed by atoms with Gasteiger partial charge in [-0.15, -0.1) is 0 Å². The molecule has 5 saturated carbocycles. The molecule has 0 saturated heterocycles. The number of pyridine rings is 2. The number of aliphatic carboxylic acids is 1. The molecule has 9 atom stereocenters. The zero-order valence-corrected chi connectivity index (χ0v) is 28.7. The Hall–Kier alpha value is -3.41. The van der Waals surface area contributed by atoms with Crippen molar-refractivity contribution in [1.82, 2.24) is 9.97 Å². The van der Waals surface area contributed by atoms with E-state index in [0.717, 1.165) is 55.2 Å². The van der Waals surface area contributed by atoms with Crippen LogP contribution in [0.5, 0.6) is 0 Å². The molecular weight excluding hydrogens is 584 g/mol. The minimum atomic E-state index is -0.837. The van der Waals surface area contributed by atoms with Crippen LogP contribution in [0.4, 0.5) is 0 Å². The molecule has 5 aliphatic rings. The largest absolute Gasteiger partial charge is 0.481 e. The fourth-order valence-electron chi connectivity index (χ4n) is 12.7. The van der Waals surface area contributed by atoms with Gasteiger partial charge in [-0.25, -0.2) is 0 Å². The summed E-state index contributed by atoms with van der Waals surface area (Å²) in [5.41, 5.74) is 1.27. The quantitative estimate of drug-likeness (QED) is 0.331. The maximum absolute atomic E-state index is 14.1. The summed E-state index contributed by atoms with van der Waals surface area (Å²) in [5, 5.41) is 10.8. The monoisotopic (exact) mass is 634 g/mol. The molecule has 0 aliphatic heterocycles. The summed E-state index contributed by atoms with van der Waals surface area (Å²) < 4.78 is 0. The number of carbonyl (C=O) groups excluding carboxylic acids is 2. The van der Waals surface area contributed by atoms with Gasteiger partial charge < -0.3 is 5.11 Å². The van der Waals surface area contributed by atoms with Gasteiger partial charge in [-0.1, -0.05) is 46.8 Å². The van der Waals surface area contributed by atoms with Crippen LogP contribution in [-0.4, -0.2) is 32.6 Å². The molecule has 2 aromatic heterocycles. The fraction of sp³-hybridized carbons (Fsp3) is 0.585. The van der Waals surface area contributed by atoms with Gasteiger partial charge in [-0.05, 0) is 145 Å². The van der Waals surface area contributed by atoms with E-state index in [1.165, 1.54) is 0 Å². The number of Topliss-reactive ketones (excluding diaryl/α,β-unsaturated/α-hetero) is 1. The van der Waals surface area contributed by atoms with Crippen molar-refractivity contribution < 1.29 is 19.5 Å². The summed E-state index contributed by atoms with van der Waals surface area (Å²) in [7, 11) is 0. The van der Waals surface area contributed by atoms with E-state index in [1.807, 2.05) is 36.5 Å². The van der Waals surface area contributed by atoms with Crippen LogP contribution in [0.2, 0.25) is 0 Å². The predicted molar refractivity (Wildman–Crippen MR) is 183 cm³/mol. The molecule has 0 aromatic carbocycles. The number of hydrogen-bond donors (Lipinski definition) is 1. The highest BCUT2D eigenvalue weighted by Crippen LogP contribution is 2.77. The molecule has 0 bridgehead atoms. The second kappa shape index (κ2) is 11.1. The minimum Gasteiger partial charge on any atom is -0.481 e. The van der Waals surface area contributed by atoms with E-state index in [-0.39, 0.29) is 51.5 Å². The number of nitrogens with zero attached hydrogens (tertiary/aromatic N) is 2. The van der Waals surface area contributed by atoms with Gasteiger partial charge in [-0.3, -0.25) is 24.4 Å². The summed E-state index contributed by atoms with van der Waals surface area (Å²) in [5.74, 6) is 0.0200. The maximum atomic E-state index is 14.1. The average Bonchev–Trinajstić information content (AvgIpc) is 3.45. The second-order valence-corrected chi connectivity index (χ2v) is 17.0. The molecule has 1 N–H and O–H groups in total. The van der Waals surface area contributed by atoms with Gasteiger partial charge in [0, 0.05) is 36.1 Å². The molecule has 0 radical (unpaired) electrons. The second-order valence-electron chi connectivity index (χ2n) is 17.0. The Morgan fingerprint density at radius 3 is 2.19 bits per heavy atom. The highest BCUT2D eigenvalue weighted by atomic mass is 16.4. The van der Waals surface area contributed by atoms with Gasteiger partial charge in [0.2, 0.25) is 0 Å². The molecule has 6 heteroatoms. The number of carboxylic acid groups (broad SMARTS) is 1. The van der Waals surface area contributed by atoms with Crippen molar-refractivity contribution in [1.29, 1.82) is 0 Å². The lowest BCUT2D eigenvalue weighted by Gasteiger charge is -2.72. The maximum Gasteiger partial charge on any atom is 0.309 e. The van der Waals surface area contributed by atoms with Crippen molar-refractivity contribution in [2.45, 2.75) is 92.4 Å². The molecule has 5 aliphatic carbocycles. The fourth-order valence-corrected chi connectivity index (χ4v) is 12.7. The van der Waals surface area contributed by atoms with Crippen LogP contribution in [0, 0.1) is 56.7 Å². The van der Waals surface area contributed by atoms with Crippen molar-refractivity contribution in [3.63, 3.8) is 0 Å². The van der Waals surface area contributed by atoms with Crippen molar-refractivity contribution in [3.05, 3.63) is 71.8 Å². The third-order valence-electron chi connectivity index (χ3n) is 15.0. The smallest absolute Gasteiger partial charge is 0.309 e. The Morgan fingerprint density at radius 1 is 0.830 bits per heavy atom. The van der Waals surface area contributed by atoms with Gasteiger partial charge >= 0.3 is 5.97 Å². The lowest BCUT2D eigenvalue weighted by Crippen LogP contribution is -2.67. The van der Waals surface area contributed by atoms with Crippen molar-refractivity contribution in [2.24, 2.45) is 56.7 Å². The van der Waals surface area contributed by atoms with E-state index >= 15 is 0 Å². The Balaban J connectivity index is 1.25. The Bertz CT molecular complexity index is 1650. The van der Waals surface area contributed by atoms with E-state index in [0.29, 0.717) is 25.2 Å². The SMILES string of the molecule is CC1(C)C(=O)/C(=C\c2cccnc2)C[C@]2(C)[C@H]3CC[C@@H]4[C@H]5[C@H](C(=O)/C=C/c6cccnc6)CC[C@]5(C(=O)O)CC[C@@]4(C)[C@]3(C)CC[C@@H]12. The summed E-state index contributed by atoms with van der Waals surface area (Å²) in [6.45, 7) is 11.8. The van der Waals surface area contributed by atoms with Gasteiger partial charge in [-0.2, -0.15) is 0 Å². The van der Waals surface area contributed by atoms with Crippen LogP contribution in [0.25, 0.3) is 12.2 Å². The molecule has 0 spiro atoms. The number of fused-ring (bicyclic) bond motifs is 7. The number of allylic oxidation sites excluding steroid dienone is 2. The number of carbonyl (C=O) groups is 3. The van der Waals surface area contributed by atoms with E-state index < -0.39 is 16.8 Å². The molecule has 2 heterocycles. The summed E-state index contributed by atoms with van der Waals surface area (Å²) in [6, 6.07) is 7.73. The van der Waals surface area contributed by atoms with Crippen molar-refractivity contribution >= 4 is 29.7 Å². The molecule has 6 nitrogen and oxygen atoms in total. The Labute approximate surface area is 279 Å². The molecule has 47 heavy (non-hydrogen) atoms. The third-order valence-corrected chi connectivity index (χ3v) is 15.0. The number of rotatable bonds is 5. The van der Waals surface area contributed by atoms with Crippen LogP contribution >= 0.6 is 0 Å². The van der Waals surface area contributed by atoms with E-state index in [2.05, 4.69) is 50.7 Å². The highest BCUT2D eigenvalue weighted by Gasteiger charge is 2.72. The molecule has 5 fully saturated rings. The van der Waals surface area contributed by atoms with Gasteiger partial charge in [0.25, 0.3) is 0 Å². The van der Waals surface area contributed by atoms with E-state index in [4.69, 9.17) is 0 Å². The van der Waals surface area contributed by atoms with Crippen LogP contribution in [0.15, 0.2) is 60.7 Å². The standard InChI is InChI=1S/C41H50N2O4/c1-37(2)32-15-16-40(5)33(38(32,3)23-28(35(37)45)22-27-9-7-21-43-25-27)13-11-30-34-29(31(44)12-10-26-8-6-20-42-24-26)14-17-41(34,36(46)47)19-18-39(30,40)4/h6-10,12,20-22,24-25,29-30,32-34H,11,13-19,23H2,1-5H3,(H,46,47)/b12-10+,28-22-/t29-,30+,32-,33+,34+,38-,39+,40+,41-/m0/s1. The normalized spacial score (nSPS) is 41.5. The van der Waals surface area contributed by atoms with Crippen LogP contribution in [0.3, 0.4) is 0 Å². The molecular formula is C41H50N2O4. The van der Waals surface area contributed by atoms with Gasteiger partial charge in [0.15, 0.2) is 11.6 Å². The predicted octanol–water partition coefficient (Wildman–Crippen LogP) is 8.49. The topological polar surface area (TPSA) is 97.2 Å². The summed E-state index contributed by atoms with van der Waals surface area (Å²) in [4.78, 5) is 49.7. The molecule has 2 aromatic rings. The molecule has 0 unspecified atom stereocenters. The first-order chi connectivity index (χ1) is 22.3. The first-order valence-electron chi connectivity index (χ1n) is 17.8. The summed E-state index contributed by atoms with van der Waals surface area (Å²) in [6.07, 6.45) is 20.1. The van der Waals surface area contributed by atoms with Gasteiger partial charge in [0.05, 0.1) is 5.41 Å². The number of carboxylic acids is 1. The molecule has 0 amide bonds. The average molecular weight is 635 g/mol. The van der Waals surface area contributed by atoms with Crippen molar-refractivity contribution in [2.75, 3.05) is 0 Å². The van der Waals surface area contributed by atoms with E-state index in [1.54, 1.807) is 24.7 Å². The summed E-state index contributed by atoms with van der Waals surface area (Å²) >= 11 is 0. The Morgan fingerprint density at radius 2 is 1.53 bits per heavy atom. The highest BCUT2D eigenvalue weighted by molar-refractivity contribution is 6.04. The van der Waals surface area contributed by atoms with Crippen LogP contribution in [0.1, 0.15) is 104 Å². The first kappa shape index (κ1) is 32.2. The zero-order valence-electron chi connectivity index (χ0n) is 28.7. The van der Waals surface area contributed by atoms with Crippen molar-refractivity contribution in [3.8, 4) is 0 Å². The molecule has 7 rings (SSSR count). The zero-order chi connectivity index (χ0) is 33.4. The lowest BCUT2D eigenvalue weighted by atomic mass is 9.32. The number of ketones is 2. The first-order valence-corrected chi connectivity index (χ1v) is 17.8. The Kier molecular flexibility index (Phi) is 7.57. The lowest BCUT2D eigenvalue weighted by molar-refractivity contribution is -0.232. The third kappa shape index (κ3) is 4.59. The minimum absolute atomic E-state index is 0.0244. The van der Waals surface area contributed by atoms with Gasteiger partial charge in [0.1, 0.15) is 0 Å². The van der Waals surface area contributed by atoms with Crippen LogP contribution < -0.4 is 0 Å². The van der Waals surface area contributed by atoms with E-state index in [9.17, 15) is 19.5 Å². The van der Waals surface area contributed by atoms with Crippen LogP contribution in [-0.2, 0) is 14.4 Å². The number of aromatic nitrogens is 2.